The summed E-state index contributed by atoms with van der Waals surface area (Å²) in [6.45, 7) is 6.14. The van der Waals surface area contributed by atoms with Gasteiger partial charge in [-0.05, 0) is 22.9 Å². The number of nitrogens with zero attached hydrogens (tertiary/aromatic N) is 2. The van der Waals surface area contributed by atoms with E-state index in [9.17, 15) is 0 Å². The fourth-order valence-corrected chi connectivity index (χ4v) is 1.34. The van der Waals surface area contributed by atoms with Gasteiger partial charge in [-0.3, -0.25) is 0 Å². The smallest absolute Gasteiger partial charge is 0.147 e. The van der Waals surface area contributed by atoms with Crippen LogP contribution >= 0.6 is 27.5 Å². The van der Waals surface area contributed by atoms with Crippen LogP contribution in [0.2, 0.25) is 5.15 Å². The lowest BCUT2D eigenvalue weighted by molar-refractivity contribution is 0.297. The normalized spacial score (nSPS) is 9.77. The molecule has 1 heterocycles. The van der Waals surface area contributed by atoms with Crippen LogP contribution < -0.4 is 0 Å². The molecule has 0 aliphatic heterocycles. The van der Waals surface area contributed by atoms with Gasteiger partial charge in [-0.2, -0.15) is 0 Å². The summed E-state index contributed by atoms with van der Waals surface area (Å²) in [5, 5.41) is 0.353. The Morgan fingerprint density at radius 2 is 2.38 bits per heavy atom. The number of aromatic nitrogens is 2. The molecule has 0 saturated heterocycles. The Kier molecular flexibility index (Phi) is 3.69. The van der Waals surface area contributed by atoms with Gasteiger partial charge in [0, 0.05) is 0 Å². The van der Waals surface area contributed by atoms with E-state index in [0.29, 0.717) is 27.7 Å². The Labute approximate surface area is 89.9 Å². The molecule has 0 aliphatic carbocycles. The highest BCUT2D eigenvalue weighted by atomic mass is 79.9. The summed E-state index contributed by atoms with van der Waals surface area (Å²) in [6.07, 6.45) is 1.37. The molecule has 0 saturated carbocycles. The Hall–Kier alpha value is -0.610. The predicted octanol–water partition coefficient (Wildman–Crippen LogP) is 2.90. The second-order valence-electron chi connectivity index (χ2n) is 2.18. The Morgan fingerprint density at radius 3 is 3.00 bits per heavy atom. The molecule has 3 nitrogen and oxygen atoms in total. The van der Waals surface area contributed by atoms with Crippen LogP contribution in [0.15, 0.2) is 17.4 Å². The quantitative estimate of drug-likeness (QED) is 0.621. The van der Waals surface area contributed by atoms with Crippen molar-refractivity contribution in [1.29, 1.82) is 0 Å². The number of rotatable bonds is 3. The van der Waals surface area contributed by atoms with Crippen LogP contribution in [0.3, 0.4) is 0 Å². The summed E-state index contributed by atoms with van der Waals surface area (Å²) >= 11 is 9.02. The molecule has 1 aromatic heterocycles. The largest absolute Gasteiger partial charge is 0.492 e. The van der Waals surface area contributed by atoms with E-state index in [1.54, 1.807) is 0 Å². The summed E-state index contributed by atoms with van der Waals surface area (Å²) in [5.41, 5.74) is 0.585. The van der Waals surface area contributed by atoms with E-state index >= 15 is 0 Å². The molecule has 1 aromatic rings. The second-order valence-corrected chi connectivity index (χ2v) is 3.33. The molecule has 0 N–H and O–H groups in total. The highest BCUT2D eigenvalue weighted by molar-refractivity contribution is 9.10. The van der Waals surface area contributed by atoms with Crippen molar-refractivity contribution < 1.29 is 4.74 Å². The molecule has 13 heavy (non-hydrogen) atoms. The van der Waals surface area contributed by atoms with Gasteiger partial charge in [0.2, 0.25) is 0 Å². The maximum Gasteiger partial charge on any atom is 0.147 e. The van der Waals surface area contributed by atoms with E-state index < -0.39 is 0 Å². The molecule has 0 radical (unpaired) electrons. The van der Waals surface area contributed by atoms with Gasteiger partial charge in [-0.25, -0.2) is 9.97 Å². The first-order chi connectivity index (χ1) is 6.16. The van der Waals surface area contributed by atoms with Gasteiger partial charge in [0.05, 0.1) is 11.1 Å². The minimum Gasteiger partial charge on any atom is -0.492 e. The Balaban J connectivity index is 3.01. The maximum absolute atomic E-state index is 5.76. The van der Waals surface area contributed by atoms with Crippen molar-refractivity contribution in [2.75, 3.05) is 6.61 Å². The standard InChI is InChI=1S/C8H8BrClN2O/c1-3-13-5(2)7-6(9)8(10)12-4-11-7/h4H,2-3H2,1H3. The van der Waals surface area contributed by atoms with Gasteiger partial charge in [0.1, 0.15) is 22.9 Å². The van der Waals surface area contributed by atoms with Gasteiger partial charge >= 0.3 is 0 Å². The van der Waals surface area contributed by atoms with Crippen molar-refractivity contribution in [1.82, 2.24) is 9.97 Å². The molecule has 1 rings (SSSR count). The molecule has 70 valence electrons. The topological polar surface area (TPSA) is 35.0 Å². The fraction of sp³-hybridized carbons (Fsp3) is 0.250. The SMILES string of the molecule is C=C(OCC)c1ncnc(Cl)c1Br. The lowest BCUT2D eigenvalue weighted by Gasteiger charge is -2.07. The second kappa shape index (κ2) is 4.58. The van der Waals surface area contributed by atoms with Crippen molar-refractivity contribution in [2.24, 2.45) is 0 Å². The highest BCUT2D eigenvalue weighted by Crippen LogP contribution is 2.26. The van der Waals surface area contributed by atoms with E-state index in [4.69, 9.17) is 16.3 Å². The molecular weight excluding hydrogens is 255 g/mol. The molecule has 0 bridgehead atoms. The summed E-state index contributed by atoms with van der Waals surface area (Å²) in [4.78, 5) is 7.78. The summed E-state index contributed by atoms with van der Waals surface area (Å²) < 4.78 is 5.80. The minimum absolute atomic E-state index is 0.353. The third kappa shape index (κ3) is 2.42. The minimum atomic E-state index is 0.353. The average molecular weight is 264 g/mol. The van der Waals surface area contributed by atoms with Crippen molar-refractivity contribution in [2.45, 2.75) is 6.92 Å². The monoisotopic (exact) mass is 262 g/mol. The zero-order chi connectivity index (χ0) is 9.84. The Morgan fingerprint density at radius 1 is 1.69 bits per heavy atom. The van der Waals surface area contributed by atoms with Crippen LogP contribution in [0.1, 0.15) is 12.6 Å². The first-order valence-corrected chi connectivity index (χ1v) is 4.82. The lowest BCUT2D eigenvalue weighted by atomic mass is 10.3. The van der Waals surface area contributed by atoms with E-state index in [1.165, 1.54) is 6.33 Å². The summed E-state index contributed by atoms with van der Waals surface area (Å²) in [7, 11) is 0. The zero-order valence-corrected chi connectivity index (χ0v) is 9.39. The van der Waals surface area contributed by atoms with Crippen molar-refractivity contribution in [3.8, 4) is 0 Å². The van der Waals surface area contributed by atoms with Crippen LogP contribution in [-0.2, 0) is 4.74 Å². The number of hydrogen-bond donors (Lipinski definition) is 0. The van der Waals surface area contributed by atoms with Crippen LogP contribution in [0.25, 0.3) is 5.76 Å². The molecule has 5 heteroatoms. The van der Waals surface area contributed by atoms with Gasteiger partial charge in [0.25, 0.3) is 0 Å². The number of hydrogen-bond acceptors (Lipinski definition) is 3. The average Bonchev–Trinajstić information content (AvgIpc) is 2.10. The maximum atomic E-state index is 5.76. The molecule has 0 spiro atoms. The van der Waals surface area contributed by atoms with Gasteiger partial charge < -0.3 is 4.74 Å². The molecule has 0 aliphatic rings. The number of halogens is 2. The van der Waals surface area contributed by atoms with Crippen LogP contribution in [-0.4, -0.2) is 16.6 Å². The van der Waals surface area contributed by atoms with Gasteiger partial charge in [0.15, 0.2) is 0 Å². The first-order valence-electron chi connectivity index (χ1n) is 3.65. The predicted molar refractivity (Wildman–Crippen MR) is 55.4 cm³/mol. The Bertz CT molecular complexity index is 330. The third-order valence-corrected chi connectivity index (χ3v) is 2.60. The van der Waals surface area contributed by atoms with E-state index in [2.05, 4.69) is 32.5 Å². The molecule has 0 amide bonds. The zero-order valence-electron chi connectivity index (χ0n) is 7.05. The van der Waals surface area contributed by atoms with Crippen molar-refractivity contribution in [3.63, 3.8) is 0 Å². The van der Waals surface area contributed by atoms with Crippen LogP contribution in [0.4, 0.5) is 0 Å². The van der Waals surface area contributed by atoms with Gasteiger partial charge in [-0.15, -0.1) is 0 Å². The molecule has 0 unspecified atom stereocenters. The summed E-state index contributed by atoms with van der Waals surface area (Å²) in [6, 6.07) is 0. The van der Waals surface area contributed by atoms with Crippen LogP contribution in [0.5, 0.6) is 0 Å². The van der Waals surface area contributed by atoms with E-state index in [0.717, 1.165) is 0 Å². The van der Waals surface area contributed by atoms with Crippen molar-refractivity contribution >= 4 is 33.3 Å². The third-order valence-electron chi connectivity index (χ3n) is 1.33. The highest BCUT2D eigenvalue weighted by Gasteiger charge is 2.10. The van der Waals surface area contributed by atoms with Crippen LogP contribution in [0, 0.1) is 0 Å². The first kappa shape index (κ1) is 10.5. The molecular formula is C8H8BrClN2O. The molecule has 0 atom stereocenters. The van der Waals surface area contributed by atoms with Crippen molar-refractivity contribution in [3.05, 3.63) is 28.2 Å². The number of ether oxygens (including phenoxy) is 1. The molecule has 0 aromatic carbocycles. The summed E-state index contributed by atoms with van der Waals surface area (Å²) in [5.74, 6) is 0.485. The van der Waals surface area contributed by atoms with E-state index in [1.807, 2.05) is 6.92 Å². The lowest BCUT2D eigenvalue weighted by Crippen LogP contribution is -1.96. The molecule has 0 fully saturated rings. The van der Waals surface area contributed by atoms with E-state index in [-0.39, 0.29) is 0 Å². The van der Waals surface area contributed by atoms with Gasteiger partial charge in [-0.1, -0.05) is 18.2 Å². The fourth-order valence-electron chi connectivity index (χ4n) is 0.785.